The van der Waals surface area contributed by atoms with Crippen molar-refractivity contribution in [1.82, 2.24) is 9.97 Å². The molecule has 0 atom stereocenters. The molecule has 0 saturated carbocycles. The van der Waals surface area contributed by atoms with E-state index in [4.69, 9.17) is 5.84 Å². The molecule has 0 amide bonds. The maximum Gasteiger partial charge on any atom is 0.148 e. The number of anilines is 3. The van der Waals surface area contributed by atoms with Crippen molar-refractivity contribution >= 4 is 33.3 Å². The molecule has 1 aromatic heterocycles. The van der Waals surface area contributed by atoms with Crippen LogP contribution in [-0.2, 0) is 6.42 Å². The van der Waals surface area contributed by atoms with Gasteiger partial charge >= 0.3 is 0 Å². The van der Waals surface area contributed by atoms with Gasteiger partial charge in [-0.15, -0.1) is 0 Å². The van der Waals surface area contributed by atoms with E-state index in [0.717, 1.165) is 40.2 Å². The van der Waals surface area contributed by atoms with E-state index in [9.17, 15) is 0 Å². The summed E-state index contributed by atoms with van der Waals surface area (Å²) in [6.45, 7) is 4.03. The topological polar surface area (TPSA) is 75.9 Å². The number of hydrogen-bond donors (Lipinski definition) is 3. The molecule has 20 heavy (non-hydrogen) atoms. The van der Waals surface area contributed by atoms with Crippen LogP contribution in [0.15, 0.2) is 28.7 Å². The molecule has 0 aliphatic rings. The van der Waals surface area contributed by atoms with Gasteiger partial charge in [-0.1, -0.05) is 22.9 Å². The number of aryl methyl sites for hydroxylation is 1. The first-order chi connectivity index (χ1) is 9.63. The van der Waals surface area contributed by atoms with E-state index in [-0.39, 0.29) is 0 Å². The Hall–Kier alpha value is -1.66. The number of nitrogens with zero attached hydrogens (tertiary/aromatic N) is 2. The molecule has 0 fully saturated rings. The minimum atomic E-state index is 0.656. The molecule has 4 N–H and O–H groups in total. The SMILES string of the molecule is CCCc1nc(NN)c(C)c(Nc2ccc(Br)cc2)n1. The number of nitrogens with one attached hydrogen (secondary N) is 2. The van der Waals surface area contributed by atoms with Crippen molar-refractivity contribution in [1.29, 1.82) is 0 Å². The molecule has 0 aliphatic carbocycles. The van der Waals surface area contributed by atoms with Crippen LogP contribution in [0.5, 0.6) is 0 Å². The molecule has 0 aliphatic heterocycles. The number of aromatic nitrogens is 2. The molecule has 2 rings (SSSR count). The number of rotatable bonds is 5. The van der Waals surface area contributed by atoms with Gasteiger partial charge in [-0.05, 0) is 37.6 Å². The van der Waals surface area contributed by atoms with Gasteiger partial charge in [0.2, 0.25) is 0 Å². The Bertz CT molecular complexity index is 583. The second-order valence-corrected chi connectivity index (χ2v) is 5.40. The fraction of sp³-hybridized carbons (Fsp3) is 0.286. The van der Waals surface area contributed by atoms with E-state index in [2.05, 4.69) is 43.6 Å². The van der Waals surface area contributed by atoms with Crippen LogP contribution in [0.25, 0.3) is 0 Å². The van der Waals surface area contributed by atoms with Crippen LogP contribution < -0.4 is 16.6 Å². The zero-order chi connectivity index (χ0) is 14.5. The highest BCUT2D eigenvalue weighted by atomic mass is 79.9. The summed E-state index contributed by atoms with van der Waals surface area (Å²) >= 11 is 3.42. The molecule has 106 valence electrons. The summed E-state index contributed by atoms with van der Waals surface area (Å²) < 4.78 is 1.04. The Labute approximate surface area is 127 Å². The van der Waals surface area contributed by atoms with Crippen molar-refractivity contribution in [3.05, 3.63) is 40.1 Å². The average Bonchev–Trinajstić information content (AvgIpc) is 2.45. The maximum absolute atomic E-state index is 5.52. The largest absolute Gasteiger partial charge is 0.340 e. The normalized spacial score (nSPS) is 10.4. The second kappa shape index (κ2) is 6.67. The minimum absolute atomic E-state index is 0.656. The van der Waals surface area contributed by atoms with Gasteiger partial charge in [0.05, 0.1) is 0 Å². The van der Waals surface area contributed by atoms with Gasteiger partial charge in [0.1, 0.15) is 17.5 Å². The van der Waals surface area contributed by atoms with E-state index in [1.807, 2.05) is 31.2 Å². The minimum Gasteiger partial charge on any atom is -0.340 e. The fourth-order valence-corrected chi connectivity index (χ4v) is 2.09. The van der Waals surface area contributed by atoms with E-state index in [1.54, 1.807) is 0 Å². The Morgan fingerprint density at radius 3 is 2.40 bits per heavy atom. The van der Waals surface area contributed by atoms with E-state index in [0.29, 0.717) is 5.82 Å². The van der Waals surface area contributed by atoms with Gasteiger partial charge in [-0.25, -0.2) is 15.8 Å². The van der Waals surface area contributed by atoms with E-state index in [1.165, 1.54) is 0 Å². The molecule has 2 aromatic rings. The molecule has 0 radical (unpaired) electrons. The zero-order valence-corrected chi connectivity index (χ0v) is 13.2. The van der Waals surface area contributed by atoms with E-state index < -0.39 is 0 Å². The number of halogens is 1. The highest BCUT2D eigenvalue weighted by molar-refractivity contribution is 9.10. The second-order valence-electron chi connectivity index (χ2n) is 4.49. The van der Waals surface area contributed by atoms with Gasteiger partial charge in [-0.2, -0.15) is 0 Å². The van der Waals surface area contributed by atoms with Crippen molar-refractivity contribution in [2.45, 2.75) is 26.7 Å². The molecule has 1 heterocycles. The number of nitrogens with two attached hydrogens (primary N) is 1. The van der Waals surface area contributed by atoms with Crippen molar-refractivity contribution in [3.8, 4) is 0 Å². The standard InChI is InChI=1S/C14H18BrN5/c1-3-4-12-18-13(9(2)14(19-12)20-16)17-11-7-5-10(15)6-8-11/h5-8H,3-4,16H2,1-2H3,(H2,17,18,19,20). The van der Waals surface area contributed by atoms with Crippen LogP contribution in [-0.4, -0.2) is 9.97 Å². The summed E-state index contributed by atoms with van der Waals surface area (Å²) in [7, 11) is 0. The predicted octanol–water partition coefficient (Wildman–Crippen LogP) is 3.53. The predicted molar refractivity (Wildman–Crippen MR) is 86.0 cm³/mol. The molecule has 1 aromatic carbocycles. The lowest BCUT2D eigenvalue weighted by atomic mass is 10.2. The summed E-state index contributed by atoms with van der Waals surface area (Å²) in [5, 5.41) is 3.31. The Morgan fingerprint density at radius 1 is 1.15 bits per heavy atom. The molecule has 0 spiro atoms. The van der Waals surface area contributed by atoms with Crippen LogP contribution in [0, 0.1) is 6.92 Å². The molecule has 0 unspecified atom stereocenters. The molecular formula is C14H18BrN5. The Morgan fingerprint density at radius 2 is 1.80 bits per heavy atom. The molecular weight excluding hydrogens is 318 g/mol. The Balaban J connectivity index is 2.33. The first kappa shape index (κ1) is 14.7. The Kier molecular flexibility index (Phi) is 4.92. The van der Waals surface area contributed by atoms with Crippen molar-refractivity contribution in [3.63, 3.8) is 0 Å². The highest BCUT2D eigenvalue weighted by Gasteiger charge is 2.10. The maximum atomic E-state index is 5.52. The van der Waals surface area contributed by atoms with Gasteiger partial charge < -0.3 is 10.7 Å². The number of hydrazine groups is 1. The summed E-state index contributed by atoms with van der Waals surface area (Å²) in [5.41, 5.74) is 4.50. The van der Waals surface area contributed by atoms with Gasteiger partial charge in [-0.3, -0.25) is 0 Å². The first-order valence-electron chi connectivity index (χ1n) is 6.50. The van der Waals surface area contributed by atoms with Crippen molar-refractivity contribution in [2.75, 3.05) is 10.7 Å². The fourth-order valence-electron chi connectivity index (χ4n) is 1.83. The van der Waals surface area contributed by atoms with Gasteiger partial charge in [0.25, 0.3) is 0 Å². The average molecular weight is 336 g/mol. The third-order valence-corrected chi connectivity index (χ3v) is 3.44. The quantitative estimate of drug-likeness (QED) is 0.575. The number of nitrogen functional groups attached to an aromatic ring is 1. The monoisotopic (exact) mass is 335 g/mol. The van der Waals surface area contributed by atoms with Gasteiger partial charge in [0, 0.05) is 22.1 Å². The molecule has 5 nitrogen and oxygen atoms in total. The summed E-state index contributed by atoms with van der Waals surface area (Å²) in [5.74, 6) is 7.74. The lowest BCUT2D eigenvalue weighted by molar-refractivity contribution is 0.833. The third-order valence-electron chi connectivity index (χ3n) is 2.91. The van der Waals surface area contributed by atoms with Gasteiger partial charge in [0.15, 0.2) is 0 Å². The van der Waals surface area contributed by atoms with Crippen LogP contribution in [0.4, 0.5) is 17.3 Å². The lowest BCUT2D eigenvalue weighted by Crippen LogP contribution is -2.14. The lowest BCUT2D eigenvalue weighted by Gasteiger charge is -2.13. The van der Waals surface area contributed by atoms with Crippen LogP contribution in [0.3, 0.4) is 0 Å². The molecule has 6 heteroatoms. The zero-order valence-electron chi connectivity index (χ0n) is 11.6. The van der Waals surface area contributed by atoms with Crippen LogP contribution >= 0.6 is 15.9 Å². The third kappa shape index (κ3) is 3.46. The summed E-state index contributed by atoms with van der Waals surface area (Å²) in [6.07, 6.45) is 1.81. The first-order valence-corrected chi connectivity index (χ1v) is 7.30. The van der Waals surface area contributed by atoms with Crippen molar-refractivity contribution in [2.24, 2.45) is 5.84 Å². The van der Waals surface area contributed by atoms with Crippen LogP contribution in [0.2, 0.25) is 0 Å². The number of benzene rings is 1. The molecule has 0 bridgehead atoms. The molecule has 0 saturated heterocycles. The van der Waals surface area contributed by atoms with Crippen molar-refractivity contribution < 1.29 is 0 Å². The highest BCUT2D eigenvalue weighted by Crippen LogP contribution is 2.24. The van der Waals surface area contributed by atoms with E-state index >= 15 is 0 Å². The number of hydrogen-bond acceptors (Lipinski definition) is 5. The summed E-state index contributed by atoms with van der Waals surface area (Å²) in [4.78, 5) is 8.96. The van der Waals surface area contributed by atoms with Crippen LogP contribution in [0.1, 0.15) is 24.7 Å². The summed E-state index contributed by atoms with van der Waals surface area (Å²) in [6, 6.07) is 7.93. The smallest absolute Gasteiger partial charge is 0.148 e.